The lowest BCUT2D eigenvalue weighted by Crippen LogP contribution is -2.50. The topological polar surface area (TPSA) is 69.6 Å². The van der Waals surface area contributed by atoms with Crippen LogP contribution in [0, 0.1) is 6.92 Å². The van der Waals surface area contributed by atoms with Crippen molar-refractivity contribution < 1.29 is 9.59 Å². The lowest BCUT2D eigenvalue weighted by molar-refractivity contribution is -0.130. The van der Waals surface area contributed by atoms with Crippen LogP contribution < -0.4 is 4.90 Å². The van der Waals surface area contributed by atoms with E-state index in [2.05, 4.69) is 51.0 Å². The van der Waals surface area contributed by atoms with Crippen LogP contribution in [-0.4, -0.2) is 69.1 Å². The fraction of sp³-hybridized carbons (Fsp3) is 0.375. The van der Waals surface area contributed by atoms with Crippen molar-refractivity contribution >= 4 is 35.6 Å². The zero-order chi connectivity index (χ0) is 27.5. The number of thioether (sulfide) groups is 1. The fourth-order valence-electron chi connectivity index (χ4n) is 5.95. The highest BCUT2D eigenvalue weighted by molar-refractivity contribution is 8.04. The van der Waals surface area contributed by atoms with E-state index in [0.29, 0.717) is 49.5 Å². The van der Waals surface area contributed by atoms with Crippen LogP contribution in [0.3, 0.4) is 0 Å². The van der Waals surface area contributed by atoms with E-state index in [-0.39, 0.29) is 17.9 Å². The molecule has 2 amide bonds. The number of anilines is 1. The first-order valence-electron chi connectivity index (χ1n) is 14.2. The number of carbonyl (C=O) groups excluding carboxylic acids is 2. The molecule has 2 saturated heterocycles. The van der Waals surface area contributed by atoms with Crippen LogP contribution in [0.2, 0.25) is 0 Å². The van der Waals surface area contributed by atoms with Gasteiger partial charge < -0.3 is 14.7 Å². The maximum absolute atomic E-state index is 13.8. The molecule has 0 spiro atoms. The number of amides is 2. The molecule has 2 aliphatic heterocycles. The van der Waals surface area contributed by atoms with Gasteiger partial charge in [0.15, 0.2) is 0 Å². The second-order valence-corrected chi connectivity index (χ2v) is 12.1. The Hall–Kier alpha value is -3.65. The molecule has 3 heterocycles. The van der Waals surface area contributed by atoms with E-state index in [1.54, 1.807) is 30.2 Å². The van der Waals surface area contributed by atoms with E-state index < -0.39 is 0 Å². The number of rotatable bonds is 5. The molecule has 2 aromatic carbocycles. The Labute approximate surface area is 240 Å². The summed E-state index contributed by atoms with van der Waals surface area (Å²) < 4.78 is 0. The summed E-state index contributed by atoms with van der Waals surface area (Å²) in [6.07, 6.45) is 10.1. The molecule has 7 nitrogen and oxygen atoms in total. The van der Waals surface area contributed by atoms with Gasteiger partial charge in [0.2, 0.25) is 5.95 Å². The zero-order valence-electron chi connectivity index (χ0n) is 22.9. The minimum absolute atomic E-state index is 0.0328. The van der Waals surface area contributed by atoms with Gasteiger partial charge in [-0.15, -0.1) is 11.8 Å². The van der Waals surface area contributed by atoms with E-state index in [1.807, 2.05) is 35.2 Å². The van der Waals surface area contributed by atoms with Gasteiger partial charge in [0.05, 0.1) is 4.91 Å². The van der Waals surface area contributed by atoms with E-state index >= 15 is 0 Å². The van der Waals surface area contributed by atoms with Crippen molar-refractivity contribution in [3.63, 3.8) is 0 Å². The van der Waals surface area contributed by atoms with Crippen molar-refractivity contribution in [3.8, 4) is 0 Å². The summed E-state index contributed by atoms with van der Waals surface area (Å²) in [5.41, 5.74) is 4.05. The molecule has 8 heteroatoms. The molecular weight excluding hydrogens is 518 g/mol. The van der Waals surface area contributed by atoms with Gasteiger partial charge in [-0.25, -0.2) is 9.97 Å². The average molecular weight is 554 g/mol. The normalized spacial score (nSPS) is 22.4. The Morgan fingerprint density at radius 3 is 2.42 bits per heavy atom. The number of carbonyl (C=O) groups is 2. The fourth-order valence-corrected chi connectivity index (χ4v) is 7.43. The summed E-state index contributed by atoms with van der Waals surface area (Å²) in [6.45, 7) is 5.46. The number of piperazine rings is 1. The molecule has 2 atom stereocenters. The third kappa shape index (κ3) is 5.63. The second kappa shape index (κ2) is 11.8. The van der Waals surface area contributed by atoms with Gasteiger partial charge in [-0.05, 0) is 60.7 Å². The quantitative estimate of drug-likeness (QED) is 0.406. The smallest absolute Gasteiger partial charge is 0.260 e. The Morgan fingerprint density at radius 1 is 0.950 bits per heavy atom. The first-order chi connectivity index (χ1) is 19.6. The van der Waals surface area contributed by atoms with Crippen LogP contribution in [0.25, 0.3) is 6.08 Å². The summed E-state index contributed by atoms with van der Waals surface area (Å²) in [6, 6.07) is 18.1. The van der Waals surface area contributed by atoms with E-state index in [4.69, 9.17) is 0 Å². The molecule has 0 bridgehead atoms. The number of hydrogen-bond acceptors (Lipinski definition) is 6. The first-order valence-corrected chi connectivity index (χ1v) is 15.1. The monoisotopic (exact) mass is 553 g/mol. The van der Waals surface area contributed by atoms with Gasteiger partial charge >= 0.3 is 0 Å². The standard InChI is InChI=1S/C32H35N5O2S/c1-23-7-2-3-8-26(23)22-37-27-9-4-5-10-28(27)40-29(31(37)39)21-24-11-13-25(14-12-24)30(38)35-17-19-36(20-18-35)32-33-15-6-16-34-32/h2-3,6-8,11-16,21,27-28H,4-5,9-10,17-20,22H2,1H3/b29-21+. The van der Waals surface area contributed by atoms with Crippen LogP contribution in [0.4, 0.5) is 5.95 Å². The first kappa shape index (κ1) is 26.6. The largest absolute Gasteiger partial charge is 0.337 e. The highest BCUT2D eigenvalue weighted by atomic mass is 32.2. The minimum Gasteiger partial charge on any atom is -0.337 e. The molecule has 3 aliphatic rings. The molecule has 2 unspecified atom stereocenters. The van der Waals surface area contributed by atoms with E-state index in [0.717, 1.165) is 23.3 Å². The SMILES string of the molecule is Cc1ccccc1CN1C(=O)/C(=C\c2ccc(C(=O)N3CCN(c4ncccn4)CC3)cc2)SC2CCCCC21. The van der Waals surface area contributed by atoms with Crippen molar-refractivity contribution in [2.24, 2.45) is 0 Å². The van der Waals surface area contributed by atoms with Crippen molar-refractivity contribution in [1.29, 1.82) is 0 Å². The van der Waals surface area contributed by atoms with Crippen LogP contribution in [-0.2, 0) is 11.3 Å². The molecule has 40 heavy (non-hydrogen) atoms. The molecule has 206 valence electrons. The molecule has 3 aromatic rings. The number of hydrogen-bond donors (Lipinski definition) is 0. The van der Waals surface area contributed by atoms with Gasteiger partial charge in [-0.1, -0.05) is 49.2 Å². The van der Waals surface area contributed by atoms with Gasteiger partial charge in [0, 0.05) is 62.0 Å². The van der Waals surface area contributed by atoms with Gasteiger partial charge in [-0.2, -0.15) is 0 Å². The van der Waals surface area contributed by atoms with E-state index in [9.17, 15) is 9.59 Å². The number of aryl methyl sites for hydroxylation is 1. The summed E-state index contributed by atoms with van der Waals surface area (Å²) in [5, 5.41) is 0.433. The predicted octanol–water partition coefficient (Wildman–Crippen LogP) is 5.18. The Kier molecular flexibility index (Phi) is 7.86. The van der Waals surface area contributed by atoms with Gasteiger partial charge in [-0.3, -0.25) is 9.59 Å². The minimum atomic E-state index is 0.0328. The average Bonchev–Trinajstić information content (AvgIpc) is 3.01. The predicted molar refractivity (Wildman–Crippen MR) is 160 cm³/mol. The lowest BCUT2D eigenvalue weighted by Gasteiger charge is -2.44. The van der Waals surface area contributed by atoms with Crippen LogP contribution in [0.1, 0.15) is 52.7 Å². The molecule has 3 fully saturated rings. The van der Waals surface area contributed by atoms with Crippen molar-refractivity contribution in [2.45, 2.75) is 50.4 Å². The van der Waals surface area contributed by atoms with E-state index in [1.165, 1.54) is 24.0 Å². The third-order valence-electron chi connectivity index (χ3n) is 8.28. The van der Waals surface area contributed by atoms with Crippen molar-refractivity contribution in [1.82, 2.24) is 19.8 Å². The summed E-state index contributed by atoms with van der Waals surface area (Å²) in [4.78, 5) is 42.5. The maximum Gasteiger partial charge on any atom is 0.260 e. The zero-order valence-corrected chi connectivity index (χ0v) is 23.7. The van der Waals surface area contributed by atoms with Crippen LogP contribution >= 0.6 is 11.8 Å². The van der Waals surface area contributed by atoms with Crippen LogP contribution in [0.5, 0.6) is 0 Å². The third-order valence-corrected chi connectivity index (χ3v) is 9.68. The molecule has 1 aliphatic carbocycles. The van der Waals surface area contributed by atoms with Crippen LogP contribution in [0.15, 0.2) is 71.9 Å². The lowest BCUT2D eigenvalue weighted by atomic mass is 9.92. The summed E-state index contributed by atoms with van der Waals surface area (Å²) in [5.74, 6) is 0.862. The Balaban J connectivity index is 1.14. The number of aromatic nitrogens is 2. The van der Waals surface area contributed by atoms with Gasteiger partial charge in [0.25, 0.3) is 11.8 Å². The molecule has 1 saturated carbocycles. The number of benzene rings is 2. The molecular formula is C32H35N5O2S. The summed E-state index contributed by atoms with van der Waals surface area (Å²) >= 11 is 1.75. The number of fused-ring (bicyclic) bond motifs is 1. The molecule has 6 rings (SSSR count). The molecule has 1 aromatic heterocycles. The van der Waals surface area contributed by atoms with Crippen molar-refractivity contribution in [2.75, 3.05) is 31.1 Å². The van der Waals surface area contributed by atoms with Gasteiger partial charge in [0.1, 0.15) is 0 Å². The maximum atomic E-state index is 13.8. The summed E-state index contributed by atoms with van der Waals surface area (Å²) in [7, 11) is 0. The highest BCUT2D eigenvalue weighted by Crippen LogP contribution is 2.43. The second-order valence-electron chi connectivity index (χ2n) is 10.8. The highest BCUT2D eigenvalue weighted by Gasteiger charge is 2.40. The number of nitrogens with zero attached hydrogens (tertiary/aromatic N) is 5. The Morgan fingerprint density at radius 2 is 1.68 bits per heavy atom. The van der Waals surface area contributed by atoms with Crippen molar-refractivity contribution in [3.05, 3.63) is 94.1 Å². The molecule has 0 radical (unpaired) electrons. The Bertz CT molecular complexity index is 1390. The molecule has 0 N–H and O–H groups in total.